The van der Waals surface area contributed by atoms with Crippen LogP contribution in [0, 0.1) is 5.92 Å². The quantitative estimate of drug-likeness (QED) is 0.533. The molecule has 0 aromatic heterocycles. The number of hydrogen-bond donors (Lipinski definition) is 2. The average molecular weight is 383 g/mol. The molecule has 1 aliphatic heterocycles. The summed E-state index contributed by atoms with van der Waals surface area (Å²) in [4.78, 5) is 6.74. The molecular formula is C19H31ClN4O2. The number of halogens is 1. The van der Waals surface area contributed by atoms with E-state index in [1.54, 1.807) is 7.05 Å². The van der Waals surface area contributed by atoms with Crippen molar-refractivity contribution in [3.63, 3.8) is 0 Å². The van der Waals surface area contributed by atoms with Crippen LogP contribution in [-0.4, -0.2) is 69.9 Å². The van der Waals surface area contributed by atoms with Crippen molar-refractivity contribution in [2.24, 2.45) is 10.9 Å². The molecule has 1 aromatic carbocycles. The van der Waals surface area contributed by atoms with E-state index < -0.39 is 0 Å². The fraction of sp³-hybridized carbons (Fsp3) is 0.632. The Morgan fingerprint density at radius 3 is 2.50 bits per heavy atom. The van der Waals surface area contributed by atoms with Crippen LogP contribution in [-0.2, 0) is 4.74 Å². The van der Waals surface area contributed by atoms with Gasteiger partial charge in [-0.15, -0.1) is 0 Å². The number of nitrogens with zero attached hydrogens (tertiary/aromatic N) is 2. The van der Waals surface area contributed by atoms with Crippen molar-refractivity contribution in [3.05, 3.63) is 29.3 Å². The standard InChI is InChI=1S/C19H31ClN4O2/c1-15(14-24-8-10-25-11-9-24)12-22-19(21-3)23-13-16(2)26-18-6-4-17(20)5-7-18/h4-7,15-16H,8-14H2,1-3H3,(H2,21,22,23). The molecule has 2 unspecified atom stereocenters. The highest BCUT2D eigenvalue weighted by atomic mass is 35.5. The third-order valence-electron chi connectivity index (χ3n) is 4.22. The lowest BCUT2D eigenvalue weighted by molar-refractivity contribution is 0.0320. The van der Waals surface area contributed by atoms with E-state index in [0.29, 0.717) is 17.5 Å². The van der Waals surface area contributed by atoms with Gasteiger partial charge in [0, 0.05) is 38.2 Å². The molecule has 0 saturated carbocycles. The van der Waals surface area contributed by atoms with Crippen molar-refractivity contribution < 1.29 is 9.47 Å². The van der Waals surface area contributed by atoms with Gasteiger partial charge in [-0.25, -0.2) is 0 Å². The highest BCUT2D eigenvalue weighted by Crippen LogP contribution is 2.16. The van der Waals surface area contributed by atoms with Gasteiger partial charge >= 0.3 is 0 Å². The molecule has 2 rings (SSSR count). The van der Waals surface area contributed by atoms with Crippen LogP contribution >= 0.6 is 11.6 Å². The summed E-state index contributed by atoms with van der Waals surface area (Å²) in [5.74, 6) is 2.14. The smallest absolute Gasteiger partial charge is 0.191 e. The Morgan fingerprint density at radius 1 is 1.19 bits per heavy atom. The van der Waals surface area contributed by atoms with Gasteiger partial charge in [0.1, 0.15) is 11.9 Å². The van der Waals surface area contributed by atoms with Crippen LogP contribution in [0.1, 0.15) is 13.8 Å². The maximum Gasteiger partial charge on any atom is 0.191 e. The Kier molecular flexibility index (Phi) is 9.01. The number of hydrogen-bond acceptors (Lipinski definition) is 4. The van der Waals surface area contributed by atoms with Crippen molar-refractivity contribution >= 4 is 17.6 Å². The molecule has 1 saturated heterocycles. The Hall–Kier alpha value is -1.50. The summed E-state index contributed by atoms with van der Waals surface area (Å²) in [5.41, 5.74) is 0. The van der Waals surface area contributed by atoms with Gasteiger partial charge in [-0.2, -0.15) is 0 Å². The zero-order chi connectivity index (χ0) is 18.8. The van der Waals surface area contributed by atoms with E-state index in [1.165, 1.54) is 0 Å². The van der Waals surface area contributed by atoms with E-state index in [9.17, 15) is 0 Å². The van der Waals surface area contributed by atoms with Crippen LogP contribution in [0.15, 0.2) is 29.3 Å². The molecule has 1 heterocycles. The minimum absolute atomic E-state index is 0.0144. The summed E-state index contributed by atoms with van der Waals surface area (Å²) in [6.07, 6.45) is 0.0144. The van der Waals surface area contributed by atoms with E-state index >= 15 is 0 Å². The van der Waals surface area contributed by atoms with E-state index in [2.05, 4.69) is 27.4 Å². The third-order valence-corrected chi connectivity index (χ3v) is 4.47. The number of nitrogens with one attached hydrogen (secondary N) is 2. The monoisotopic (exact) mass is 382 g/mol. The van der Waals surface area contributed by atoms with Gasteiger partial charge in [0.2, 0.25) is 0 Å². The van der Waals surface area contributed by atoms with E-state index in [-0.39, 0.29) is 6.10 Å². The third kappa shape index (κ3) is 7.81. The fourth-order valence-corrected chi connectivity index (χ4v) is 2.93. The van der Waals surface area contributed by atoms with Gasteiger partial charge in [0.15, 0.2) is 5.96 Å². The van der Waals surface area contributed by atoms with E-state index in [1.807, 2.05) is 31.2 Å². The van der Waals surface area contributed by atoms with Gasteiger partial charge in [-0.05, 0) is 37.1 Å². The first-order valence-corrected chi connectivity index (χ1v) is 9.61. The minimum Gasteiger partial charge on any atom is -0.489 e. The molecule has 26 heavy (non-hydrogen) atoms. The lowest BCUT2D eigenvalue weighted by atomic mass is 10.1. The van der Waals surface area contributed by atoms with Gasteiger partial charge in [0.05, 0.1) is 19.8 Å². The minimum atomic E-state index is 0.0144. The number of aliphatic imine (C=N–C) groups is 1. The molecular weight excluding hydrogens is 352 g/mol. The highest BCUT2D eigenvalue weighted by molar-refractivity contribution is 6.30. The number of ether oxygens (including phenoxy) is 2. The first-order chi connectivity index (χ1) is 12.6. The Morgan fingerprint density at radius 2 is 1.85 bits per heavy atom. The summed E-state index contributed by atoms with van der Waals surface area (Å²) in [7, 11) is 1.78. The summed E-state index contributed by atoms with van der Waals surface area (Å²) in [5, 5.41) is 7.41. The second-order valence-electron chi connectivity index (χ2n) is 6.73. The molecule has 0 spiro atoms. The number of guanidine groups is 1. The number of rotatable bonds is 8. The van der Waals surface area contributed by atoms with Crippen molar-refractivity contribution in [3.8, 4) is 5.75 Å². The maximum atomic E-state index is 5.89. The predicted molar refractivity (Wildman–Crippen MR) is 107 cm³/mol. The maximum absolute atomic E-state index is 5.89. The van der Waals surface area contributed by atoms with Crippen LogP contribution in [0.25, 0.3) is 0 Å². The lowest BCUT2D eigenvalue weighted by Crippen LogP contribution is -2.45. The topological polar surface area (TPSA) is 58.1 Å². The van der Waals surface area contributed by atoms with E-state index in [0.717, 1.165) is 51.1 Å². The van der Waals surface area contributed by atoms with Crippen molar-refractivity contribution in [1.82, 2.24) is 15.5 Å². The molecule has 1 aromatic rings. The van der Waals surface area contributed by atoms with Gasteiger partial charge in [-0.1, -0.05) is 18.5 Å². The zero-order valence-electron chi connectivity index (χ0n) is 16.0. The number of morpholine rings is 1. The normalized spacial score (nSPS) is 18.2. The van der Waals surface area contributed by atoms with E-state index in [4.69, 9.17) is 21.1 Å². The molecule has 0 aliphatic carbocycles. The predicted octanol–water partition coefficient (Wildman–Crippen LogP) is 2.24. The first kappa shape index (κ1) is 20.8. The van der Waals surface area contributed by atoms with Crippen molar-refractivity contribution in [2.75, 3.05) is 53.0 Å². The molecule has 1 aliphatic rings. The zero-order valence-corrected chi connectivity index (χ0v) is 16.8. The summed E-state index contributed by atoms with van der Waals surface area (Å²) in [6, 6.07) is 7.40. The van der Waals surface area contributed by atoms with Crippen LogP contribution in [0.5, 0.6) is 5.75 Å². The molecule has 146 valence electrons. The first-order valence-electron chi connectivity index (χ1n) is 9.23. The lowest BCUT2D eigenvalue weighted by Gasteiger charge is -2.29. The van der Waals surface area contributed by atoms with Crippen LogP contribution < -0.4 is 15.4 Å². The second kappa shape index (κ2) is 11.3. The molecule has 2 N–H and O–H groups in total. The Balaban J connectivity index is 1.65. The molecule has 2 atom stereocenters. The average Bonchev–Trinajstić information content (AvgIpc) is 2.64. The van der Waals surface area contributed by atoms with Crippen LogP contribution in [0.2, 0.25) is 5.02 Å². The molecule has 1 fully saturated rings. The SMILES string of the molecule is CN=C(NCC(C)CN1CCOCC1)NCC(C)Oc1ccc(Cl)cc1. The Bertz CT molecular complexity index is 547. The summed E-state index contributed by atoms with van der Waals surface area (Å²) in [6.45, 7) is 10.6. The fourth-order valence-electron chi connectivity index (χ4n) is 2.81. The molecule has 0 radical (unpaired) electrons. The molecule has 6 nitrogen and oxygen atoms in total. The number of benzene rings is 1. The van der Waals surface area contributed by atoms with Crippen molar-refractivity contribution in [1.29, 1.82) is 0 Å². The summed E-state index contributed by atoms with van der Waals surface area (Å²) >= 11 is 5.89. The highest BCUT2D eigenvalue weighted by Gasteiger charge is 2.14. The summed E-state index contributed by atoms with van der Waals surface area (Å²) < 4.78 is 11.3. The van der Waals surface area contributed by atoms with Crippen molar-refractivity contribution in [2.45, 2.75) is 20.0 Å². The molecule has 0 bridgehead atoms. The van der Waals surface area contributed by atoms with Crippen LogP contribution in [0.3, 0.4) is 0 Å². The van der Waals surface area contributed by atoms with Gasteiger partial charge < -0.3 is 20.1 Å². The molecule has 7 heteroatoms. The van der Waals surface area contributed by atoms with Crippen LogP contribution in [0.4, 0.5) is 0 Å². The Labute approximate surface area is 161 Å². The van der Waals surface area contributed by atoms with Gasteiger partial charge in [0.25, 0.3) is 0 Å². The van der Waals surface area contributed by atoms with Gasteiger partial charge in [-0.3, -0.25) is 9.89 Å². The molecule has 0 amide bonds. The second-order valence-corrected chi connectivity index (χ2v) is 7.17. The largest absolute Gasteiger partial charge is 0.489 e.